The van der Waals surface area contributed by atoms with Crippen molar-refractivity contribution in [3.63, 3.8) is 0 Å². The molecule has 4 N–H and O–H groups in total. The minimum absolute atomic E-state index is 0.00728. The van der Waals surface area contributed by atoms with E-state index in [2.05, 4.69) is 20.6 Å². The molecule has 3 amide bonds. The van der Waals surface area contributed by atoms with Crippen molar-refractivity contribution in [2.45, 2.75) is 65.0 Å². The van der Waals surface area contributed by atoms with Gasteiger partial charge in [0, 0.05) is 12.4 Å². The van der Waals surface area contributed by atoms with Gasteiger partial charge in [-0.05, 0) is 24.2 Å². The molecule has 1 heterocycles. The number of rotatable bonds is 6. The summed E-state index contributed by atoms with van der Waals surface area (Å²) in [5, 5.41) is 5.54. The Morgan fingerprint density at radius 2 is 1.78 bits per heavy atom. The lowest BCUT2D eigenvalue weighted by atomic mass is 9.82. The first-order valence-corrected chi connectivity index (χ1v) is 9.36. The normalized spacial score (nSPS) is 17.6. The van der Waals surface area contributed by atoms with Gasteiger partial charge in [-0.3, -0.25) is 19.4 Å². The van der Waals surface area contributed by atoms with Crippen LogP contribution >= 0.6 is 0 Å². The number of carbonyl (C=O) groups excluding carboxylic acids is 3. The predicted octanol–water partition coefficient (Wildman–Crippen LogP) is 1.17. The summed E-state index contributed by atoms with van der Waals surface area (Å²) in [6.45, 7) is 5.49. The van der Waals surface area contributed by atoms with E-state index in [0.29, 0.717) is 0 Å². The number of hydrogen-bond acceptors (Lipinski definition) is 5. The minimum Gasteiger partial charge on any atom is -0.368 e. The van der Waals surface area contributed by atoms with Crippen molar-refractivity contribution in [3.05, 3.63) is 24.3 Å². The molecule has 2 rings (SSSR count). The van der Waals surface area contributed by atoms with Crippen LogP contribution in [-0.4, -0.2) is 39.8 Å². The molecule has 0 unspecified atom stereocenters. The molecule has 0 spiro atoms. The Balaban J connectivity index is 2.19. The summed E-state index contributed by atoms with van der Waals surface area (Å²) in [6.07, 6.45) is 9.07. The topological polar surface area (TPSA) is 127 Å². The molecule has 1 aromatic rings. The van der Waals surface area contributed by atoms with Crippen molar-refractivity contribution in [3.8, 4) is 0 Å². The number of primary amides is 1. The molecule has 0 saturated heterocycles. The van der Waals surface area contributed by atoms with E-state index in [9.17, 15) is 14.4 Å². The lowest BCUT2D eigenvalue weighted by Gasteiger charge is -2.34. The Hall–Kier alpha value is -2.51. The van der Waals surface area contributed by atoms with E-state index in [1.165, 1.54) is 18.6 Å². The molecule has 148 valence electrons. The lowest BCUT2D eigenvalue weighted by Crippen LogP contribution is -2.59. The van der Waals surface area contributed by atoms with E-state index in [1.54, 1.807) is 0 Å². The maximum absolute atomic E-state index is 13.0. The summed E-state index contributed by atoms with van der Waals surface area (Å²) in [5.41, 5.74) is 5.10. The first kappa shape index (κ1) is 20.8. The Morgan fingerprint density at radius 3 is 2.30 bits per heavy atom. The Labute approximate surface area is 159 Å². The second-order valence-corrected chi connectivity index (χ2v) is 8.15. The summed E-state index contributed by atoms with van der Waals surface area (Å²) in [5.74, 6) is -1.44. The molecule has 27 heavy (non-hydrogen) atoms. The number of carbonyl (C=O) groups is 3. The molecule has 1 aromatic heterocycles. The van der Waals surface area contributed by atoms with Gasteiger partial charge in [-0.2, -0.15) is 0 Å². The molecule has 2 atom stereocenters. The summed E-state index contributed by atoms with van der Waals surface area (Å²) in [6, 6.07) is -1.58. The highest BCUT2D eigenvalue weighted by molar-refractivity contribution is 5.97. The van der Waals surface area contributed by atoms with E-state index < -0.39 is 35.2 Å². The fourth-order valence-electron chi connectivity index (χ4n) is 3.44. The van der Waals surface area contributed by atoms with Gasteiger partial charge in [-0.15, -0.1) is 0 Å². The fourth-order valence-corrected chi connectivity index (χ4v) is 3.44. The summed E-state index contributed by atoms with van der Waals surface area (Å²) in [7, 11) is 0. The van der Waals surface area contributed by atoms with Crippen LogP contribution < -0.4 is 16.4 Å². The van der Waals surface area contributed by atoms with Crippen molar-refractivity contribution in [2.75, 3.05) is 0 Å². The highest BCUT2D eigenvalue weighted by Gasteiger charge is 2.36. The molecular formula is C19H29N5O3. The third-order valence-electron chi connectivity index (χ3n) is 4.92. The van der Waals surface area contributed by atoms with Gasteiger partial charge in [0.15, 0.2) is 0 Å². The number of nitrogens with two attached hydrogens (primary N) is 1. The highest BCUT2D eigenvalue weighted by Crippen LogP contribution is 2.27. The van der Waals surface area contributed by atoms with Crippen molar-refractivity contribution >= 4 is 17.7 Å². The third-order valence-corrected chi connectivity index (χ3v) is 4.92. The van der Waals surface area contributed by atoms with Crippen molar-refractivity contribution < 1.29 is 14.4 Å². The number of aromatic nitrogens is 2. The molecule has 0 bridgehead atoms. The van der Waals surface area contributed by atoms with Crippen LogP contribution in [0.25, 0.3) is 0 Å². The average Bonchev–Trinajstić information content (AvgIpc) is 2.64. The molecule has 1 saturated carbocycles. The Bertz CT molecular complexity index is 666. The van der Waals surface area contributed by atoms with Crippen LogP contribution in [0.2, 0.25) is 0 Å². The number of nitrogens with one attached hydrogen (secondary N) is 2. The van der Waals surface area contributed by atoms with Crippen LogP contribution in [0.4, 0.5) is 0 Å². The van der Waals surface area contributed by atoms with Gasteiger partial charge in [0.25, 0.3) is 5.91 Å². The zero-order chi connectivity index (χ0) is 20.0. The van der Waals surface area contributed by atoms with E-state index in [4.69, 9.17) is 5.73 Å². The molecule has 0 radical (unpaired) electrons. The van der Waals surface area contributed by atoms with Gasteiger partial charge in [0.1, 0.15) is 17.8 Å². The molecular weight excluding hydrogens is 346 g/mol. The quantitative estimate of drug-likeness (QED) is 0.688. The van der Waals surface area contributed by atoms with Gasteiger partial charge in [-0.25, -0.2) is 4.98 Å². The second kappa shape index (κ2) is 8.92. The van der Waals surface area contributed by atoms with Crippen molar-refractivity contribution in [1.82, 2.24) is 20.6 Å². The summed E-state index contributed by atoms with van der Waals surface area (Å²) < 4.78 is 0. The summed E-state index contributed by atoms with van der Waals surface area (Å²) >= 11 is 0. The molecule has 1 fully saturated rings. The van der Waals surface area contributed by atoms with Gasteiger partial charge in [0.2, 0.25) is 11.8 Å². The number of amides is 3. The van der Waals surface area contributed by atoms with E-state index in [0.717, 1.165) is 32.1 Å². The Morgan fingerprint density at radius 1 is 1.11 bits per heavy atom. The zero-order valence-electron chi connectivity index (χ0n) is 16.2. The Kier molecular flexibility index (Phi) is 6.87. The zero-order valence-corrected chi connectivity index (χ0v) is 16.2. The first-order valence-electron chi connectivity index (χ1n) is 9.36. The van der Waals surface area contributed by atoms with Crippen LogP contribution in [0.1, 0.15) is 63.4 Å². The van der Waals surface area contributed by atoms with Crippen molar-refractivity contribution in [2.24, 2.45) is 17.1 Å². The average molecular weight is 375 g/mol. The SMILES string of the molecule is CC(C)(C)[C@H](NC(=O)[C@@H](NC(=O)c1cnccn1)C1CCCCC1)C(N)=O. The largest absolute Gasteiger partial charge is 0.368 e. The van der Waals surface area contributed by atoms with Crippen LogP contribution in [0.3, 0.4) is 0 Å². The number of nitrogens with zero attached hydrogens (tertiary/aromatic N) is 2. The van der Waals surface area contributed by atoms with Gasteiger partial charge < -0.3 is 16.4 Å². The maximum Gasteiger partial charge on any atom is 0.272 e. The predicted molar refractivity (Wildman–Crippen MR) is 100 cm³/mol. The smallest absolute Gasteiger partial charge is 0.272 e. The molecule has 8 nitrogen and oxygen atoms in total. The fraction of sp³-hybridized carbons (Fsp3) is 0.632. The summed E-state index contributed by atoms with van der Waals surface area (Å²) in [4.78, 5) is 45.2. The van der Waals surface area contributed by atoms with Crippen LogP contribution in [0.15, 0.2) is 18.6 Å². The molecule has 1 aliphatic rings. The standard InChI is InChI=1S/C19H29N5O3/c1-19(2,3)15(16(20)25)24-18(27)14(12-7-5-4-6-8-12)23-17(26)13-11-21-9-10-22-13/h9-12,14-15H,4-8H2,1-3H3,(H2,20,25)(H,23,26)(H,24,27)/t14-,15+/m0/s1. The molecule has 1 aliphatic carbocycles. The van der Waals surface area contributed by atoms with Gasteiger partial charge >= 0.3 is 0 Å². The minimum atomic E-state index is -0.829. The van der Waals surface area contributed by atoms with Gasteiger partial charge in [0.05, 0.1) is 6.20 Å². The van der Waals surface area contributed by atoms with Crippen LogP contribution in [0, 0.1) is 11.3 Å². The molecule has 0 aliphatic heterocycles. The lowest BCUT2D eigenvalue weighted by molar-refractivity contribution is -0.131. The maximum atomic E-state index is 13.0. The van der Waals surface area contributed by atoms with Gasteiger partial charge in [-0.1, -0.05) is 40.0 Å². The van der Waals surface area contributed by atoms with Crippen LogP contribution in [0.5, 0.6) is 0 Å². The third kappa shape index (κ3) is 5.74. The highest BCUT2D eigenvalue weighted by atomic mass is 16.2. The van der Waals surface area contributed by atoms with Crippen LogP contribution in [-0.2, 0) is 9.59 Å². The second-order valence-electron chi connectivity index (χ2n) is 8.15. The number of hydrogen-bond donors (Lipinski definition) is 3. The first-order chi connectivity index (χ1) is 12.7. The molecule has 8 heteroatoms. The monoisotopic (exact) mass is 375 g/mol. The van der Waals surface area contributed by atoms with E-state index in [1.807, 2.05) is 20.8 Å². The van der Waals surface area contributed by atoms with E-state index >= 15 is 0 Å². The van der Waals surface area contributed by atoms with Crippen molar-refractivity contribution in [1.29, 1.82) is 0 Å². The van der Waals surface area contributed by atoms with E-state index in [-0.39, 0.29) is 11.6 Å². The molecule has 0 aromatic carbocycles.